The molecule has 2 atom stereocenters. The van der Waals surface area contributed by atoms with Crippen molar-refractivity contribution in [2.75, 3.05) is 54.1 Å². The van der Waals surface area contributed by atoms with E-state index in [-0.39, 0.29) is 25.8 Å². The molecule has 61 heavy (non-hydrogen) atoms. The predicted molar refractivity (Wildman–Crippen MR) is 258 cm³/mol. The Morgan fingerprint density at radius 3 is 1.43 bits per heavy atom. The van der Waals surface area contributed by atoms with E-state index in [1.807, 2.05) is 21.1 Å². The summed E-state index contributed by atoms with van der Waals surface area (Å²) in [7, 11) is 1.31. The molecule has 8 nitrogen and oxygen atoms in total. The summed E-state index contributed by atoms with van der Waals surface area (Å²) in [6, 6.07) is 0. The quantitative estimate of drug-likeness (QED) is 0.0198. The largest absolute Gasteiger partial charge is 0.756 e. The Bertz CT molecular complexity index is 1250. The second-order valence-corrected chi connectivity index (χ2v) is 18.5. The number of nitrogens with zero attached hydrogens (tertiary/aromatic N) is 1. The third-order valence-corrected chi connectivity index (χ3v) is 10.9. The first kappa shape index (κ1) is 58.7. The lowest BCUT2D eigenvalue weighted by Gasteiger charge is -2.28. The Morgan fingerprint density at radius 1 is 0.525 bits per heavy atom. The number of phosphoric acid groups is 1. The third-order valence-electron chi connectivity index (χ3n) is 9.93. The maximum absolute atomic E-state index is 12.7. The molecule has 0 radical (unpaired) electrons. The minimum atomic E-state index is -4.55. The lowest BCUT2D eigenvalue weighted by molar-refractivity contribution is -0.870. The van der Waals surface area contributed by atoms with Crippen LogP contribution in [-0.4, -0.2) is 70.7 Å². The van der Waals surface area contributed by atoms with Crippen molar-refractivity contribution in [2.24, 2.45) is 0 Å². The Balaban J connectivity index is 4.20. The van der Waals surface area contributed by atoms with E-state index in [4.69, 9.17) is 18.5 Å². The first-order valence-electron chi connectivity index (χ1n) is 24.3. The van der Waals surface area contributed by atoms with Crippen molar-refractivity contribution < 1.29 is 37.3 Å². The lowest BCUT2D eigenvalue weighted by atomic mass is 10.0. The van der Waals surface area contributed by atoms with E-state index in [0.717, 1.165) is 70.6 Å². The molecule has 0 aliphatic carbocycles. The number of carbonyl (C=O) groups excluding carboxylic acids is 1. The van der Waals surface area contributed by atoms with E-state index in [1.165, 1.54) is 89.9 Å². The fraction of sp³-hybridized carbons (Fsp3) is 0.712. The van der Waals surface area contributed by atoms with Crippen LogP contribution in [0.3, 0.4) is 0 Å². The highest BCUT2D eigenvalue weighted by atomic mass is 31.2. The molecule has 0 aromatic rings. The summed E-state index contributed by atoms with van der Waals surface area (Å²) in [4.78, 5) is 25.1. The molecule has 0 rings (SSSR count). The van der Waals surface area contributed by atoms with Crippen LogP contribution in [0.25, 0.3) is 0 Å². The van der Waals surface area contributed by atoms with Crippen molar-refractivity contribution in [2.45, 2.75) is 187 Å². The van der Waals surface area contributed by atoms with Gasteiger partial charge in [-0.1, -0.05) is 176 Å². The molecule has 0 spiro atoms. The first-order valence-corrected chi connectivity index (χ1v) is 25.8. The van der Waals surface area contributed by atoms with Gasteiger partial charge in [0, 0.05) is 13.0 Å². The fourth-order valence-corrected chi connectivity index (χ4v) is 6.93. The standard InChI is InChI=1S/C52H92NO7P/c1-6-8-10-12-14-16-18-20-22-23-24-25-26-27-28-29-30-31-32-33-35-37-39-41-43-45-52(54)60-51(50-59-61(55,56)58-48-46-53(3,4)5)49-57-47-44-42-40-38-36-34-21-19-17-15-13-11-9-7-2/h9,11,15,17-18,20-21,23-24,26-27,34,38,40,51H,6-8,10,12-14,16,19,22,25,28-33,35-37,39,41-50H2,1-5H3/b11-9-,17-15-,20-18-,24-23-,27-26-,34-21-,40-38-. The van der Waals surface area contributed by atoms with Crippen LogP contribution in [0.5, 0.6) is 0 Å². The van der Waals surface area contributed by atoms with Gasteiger partial charge in [0.25, 0.3) is 7.82 Å². The highest BCUT2D eigenvalue weighted by Crippen LogP contribution is 2.38. The van der Waals surface area contributed by atoms with Gasteiger partial charge in [0.2, 0.25) is 0 Å². The number of rotatable bonds is 44. The van der Waals surface area contributed by atoms with E-state index >= 15 is 0 Å². The number of hydrogen-bond acceptors (Lipinski definition) is 7. The van der Waals surface area contributed by atoms with E-state index in [1.54, 1.807) is 0 Å². The minimum Gasteiger partial charge on any atom is -0.756 e. The summed E-state index contributed by atoms with van der Waals surface area (Å²) in [6.45, 7) is 5.11. The molecule has 0 fully saturated rings. The molecular weight excluding hydrogens is 782 g/mol. The number of ether oxygens (including phenoxy) is 2. The average molecular weight is 874 g/mol. The number of phosphoric ester groups is 1. The molecule has 0 aromatic carbocycles. The Hall–Kier alpha value is -2.32. The van der Waals surface area contributed by atoms with Gasteiger partial charge in [-0.05, 0) is 83.5 Å². The van der Waals surface area contributed by atoms with Gasteiger partial charge in [0.05, 0.1) is 34.4 Å². The fourth-order valence-electron chi connectivity index (χ4n) is 6.20. The monoisotopic (exact) mass is 874 g/mol. The van der Waals surface area contributed by atoms with Crippen LogP contribution < -0.4 is 4.89 Å². The number of quaternary nitrogens is 1. The molecule has 9 heteroatoms. The van der Waals surface area contributed by atoms with Crippen LogP contribution in [-0.2, 0) is 27.9 Å². The van der Waals surface area contributed by atoms with Gasteiger partial charge in [0.1, 0.15) is 19.3 Å². The number of carbonyl (C=O) groups is 1. The number of hydrogen-bond donors (Lipinski definition) is 0. The summed E-state index contributed by atoms with van der Waals surface area (Å²) in [5.41, 5.74) is 0. The first-order chi connectivity index (χ1) is 29.6. The normalized spacial score (nSPS) is 14.4. The van der Waals surface area contributed by atoms with Crippen molar-refractivity contribution >= 4 is 13.8 Å². The average Bonchev–Trinajstić information content (AvgIpc) is 3.22. The van der Waals surface area contributed by atoms with Gasteiger partial charge in [-0.3, -0.25) is 9.36 Å². The van der Waals surface area contributed by atoms with Crippen LogP contribution in [0.2, 0.25) is 0 Å². The predicted octanol–water partition coefficient (Wildman–Crippen LogP) is 14.2. The minimum absolute atomic E-state index is 0.0108. The maximum Gasteiger partial charge on any atom is 0.306 e. The Morgan fingerprint density at radius 2 is 0.951 bits per heavy atom. The molecule has 0 bridgehead atoms. The molecule has 0 saturated heterocycles. The van der Waals surface area contributed by atoms with Crippen LogP contribution in [0.1, 0.15) is 181 Å². The smallest absolute Gasteiger partial charge is 0.306 e. The number of esters is 1. The van der Waals surface area contributed by atoms with Gasteiger partial charge in [-0.15, -0.1) is 0 Å². The van der Waals surface area contributed by atoms with E-state index in [9.17, 15) is 14.3 Å². The number of unbranched alkanes of at least 4 members (excludes halogenated alkanes) is 16. The van der Waals surface area contributed by atoms with E-state index < -0.39 is 13.9 Å². The van der Waals surface area contributed by atoms with Crippen LogP contribution in [0.4, 0.5) is 0 Å². The van der Waals surface area contributed by atoms with E-state index in [2.05, 4.69) is 98.9 Å². The van der Waals surface area contributed by atoms with Crippen LogP contribution >= 0.6 is 7.82 Å². The van der Waals surface area contributed by atoms with Gasteiger partial charge in [-0.2, -0.15) is 0 Å². The van der Waals surface area contributed by atoms with Gasteiger partial charge in [0.15, 0.2) is 0 Å². The van der Waals surface area contributed by atoms with Gasteiger partial charge >= 0.3 is 5.97 Å². The van der Waals surface area contributed by atoms with Crippen LogP contribution in [0.15, 0.2) is 85.1 Å². The highest BCUT2D eigenvalue weighted by molar-refractivity contribution is 7.45. The zero-order chi connectivity index (χ0) is 44.8. The Labute approximate surface area is 375 Å². The summed E-state index contributed by atoms with van der Waals surface area (Å²) in [6.07, 6.45) is 59.1. The molecule has 0 aliphatic heterocycles. The zero-order valence-corrected chi connectivity index (χ0v) is 40.7. The molecular formula is C52H92NO7P. The van der Waals surface area contributed by atoms with Gasteiger partial charge in [-0.25, -0.2) is 0 Å². The lowest BCUT2D eigenvalue weighted by Crippen LogP contribution is -2.37. The molecule has 0 saturated carbocycles. The zero-order valence-electron chi connectivity index (χ0n) is 39.8. The summed E-state index contributed by atoms with van der Waals surface area (Å²) in [5.74, 6) is -0.360. The van der Waals surface area contributed by atoms with E-state index in [0.29, 0.717) is 24.1 Å². The van der Waals surface area contributed by atoms with Crippen molar-refractivity contribution in [3.05, 3.63) is 85.1 Å². The van der Waals surface area contributed by atoms with Crippen LogP contribution in [0, 0.1) is 0 Å². The molecule has 2 unspecified atom stereocenters. The molecule has 0 aliphatic rings. The van der Waals surface area contributed by atoms with Crippen molar-refractivity contribution in [3.8, 4) is 0 Å². The topological polar surface area (TPSA) is 94.1 Å². The molecule has 352 valence electrons. The van der Waals surface area contributed by atoms with Crippen molar-refractivity contribution in [1.29, 1.82) is 0 Å². The molecule has 0 aromatic heterocycles. The molecule has 0 amide bonds. The summed E-state index contributed by atoms with van der Waals surface area (Å²) < 4.78 is 34.6. The summed E-state index contributed by atoms with van der Waals surface area (Å²) in [5, 5.41) is 0. The third kappa shape index (κ3) is 48.6. The number of allylic oxidation sites excluding steroid dienone is 14. The molecule has 0 heterocycles. The number of likely N-dealkylation sites (N-methyl/N-ethyl adjacent to an activating group) is 1. The SMILES string of the molecule is CC/C=C\C/C=C\C/C=C\C/C=C\CCCOCC(COP(=O)([O-])OCC[N+](C)(C)C)OC(=O)CCCCCCCCCCCC/C=C\C/C=C\C/C=C\CCCCCCC. The van der Waals surface area contributed by atoms with Crippen molar-refractivity contribution in [3.63, 3.8) is 0 Å². The van der Waals surface area contributed by atoms with Gasteiger partial charge < -0.3 is 27.9 Å². The maximum atomic E-state index is 12.7. The summed E-state index contributed by atoms with van der Waals surface area (Å²) >= 11 is 0. The molecule has 0 N–H and O–H groups in total. The highest BCUT2D eigenvalue weighted by Gasteiger charge is 2.20. The second-order valence-electron chi connectivity index (χ2n) is 17.1. The van der Waals surface area contributed by atoms with Crippen molar-refractivity contribution in [1.82, 2.24) is 0 Å². The Kier molecular flexibility index (Phi) is 42.6. The second kappa shape index (κ2) is 44.3.